The number of ether oxygens (including phenoxy) is 2. The van der Waals surface area contributed by atoms with E-state index in [1.54, 1.807) is 13.0 Å². The van der Waals surface area contributed by atoms with E-state index in [2.05, 4.69) is 10.5 Å². The van der Waals surface area contributed by atoms with Crippen LogP contribution in [0.5, 0.6) is 5.75 Å². The second-order valence-electron chi connectivity index (χ2n) is 4.40. The molecule has 0 aliphatic rings. The smallest absolute Gasteiger partial charge is 0.344 e. The minimum absolute atomic E-state index is 0.243. The number of carbonyl (C=O) groups excluding carboxylic acids is 2. The first kappa shape index (κ1) is 17.1. The summed E-state index contributed by atoms with van der Waals surface area (Å²) >= 11 is 11.6. The summed E-state index contributed by atoms with van der Waals surface area (Å²) in [7, 11) is 0. The van der Waals surface area contributed by atoms with Gasteiger partial charge in [-0.1, -0.05) is 28.4 Å². The largest absolute Gasteiger partial charge is 0.480 e. The zero-order valence-electron chi connectivity index (χ0n) is 12.0. The van der Waals surface area contributed by atoms with Gasteiger partial charge in [-0.25, -0.2) is 4.79 Å². The molecule has 1 aromatic carbocycles. The predicted molar refractivity (Wildman–Crippen MR) is 82.8 cm³/mol. The van der Waals surface area contributed by atoms with Crippen LogP contribution in [-0.4, -0.2) is 30.2 Å². The molecule has 0 atom stereocenters. The van der Waals surface area contributed by atoms with Crippen molar-refractivity contribution >= 4 is 40.9 Å². The lowest BCUT2D eigenvalue weighted by atomic mass is 10.3. The van der Waals surface area contributed by atoms with Crippen LogP contribution in [0.4, 0.5) is 5.82 Å². The van der Waals surface area contributed by atoms with Gasteiger partial charge in [0, 0.05) is 11.1 Å². The minimum Gasteiger partial charge on any atom is -0.480 e. The normalized spacial score (nSPS) is 10.2. The van der Waals surface area contributed by atoms with Crippen LogP contribution in [0.1, 0.15) is 5.76 Å². The zero-order chi connectivity index (χ0) is 16.8. The molecular weight excluding hydrogens is 347 g/mol. The molecular formula is C14H12Cl2N2O5. The Morgan fingerprint density at radius 2 is 2.04 bits per heavy atom. The van der Waals surface area contributed by atoms with Crippen LogP contribution in [-0.2, 0) is 14.3 Å². The molecule has 0 saturated carbocycles. The molecule has 0 unspecified atom stereocenters. The van der Waals surface area contributed by atoms with Gasteiger partial charge >= 0.3 is 5.97 Å². The summed E-state index contributed by atoms with van der Waals surface area (Å²) in [5.74, 6) is -0.188. The first-order chi connectivity index (χ1) is 10.9. The Labute approximate surface area is 141 Å². The van der Waals surface area contributed by atoms with Crippen molar-refractivity contribution in [1.29, 1.82) is 0 Å². The Balaban J connectivity index is 1.73. The molecule has 23 heavy (non-hydrogen) atoms. The molecule has 0 aliphatic heterocycles. The number of anilines is 1. The van der Waals surface area contributed by atoms with Gasteiger partial charge in [-0.2, -0.15) is 0 Å². The van der Waals surface area contributed by atoms with E-state index in [0.29, 0.717) is 10.8 Å². The number of carbonyl (C=O) groups is 2. The Morgan fingerprint density at radius 1 is 1.26 bits per heavy atom. The Kier molecular flexibility index (Phi) is 5.84. The summed E-state index contributed by atoms with van der Waals surface area (Å²) in [6.45, 7) is 0.821. The molecule has 122 valence electrons. The van der Waals surface area contributed by atoms with Gasteiger partial charge in [0.1, 0.15) is 11.5 Å². The fraction of sp³-hybridized carbons (Fsp3) is 0.214. The van der Waals surface area contributed by atoms with Gasteiger partial charge in [0.2, 0.25) is 0 Å². The van der Waals surface area contributed by atoms with Crippen LogP contribution in [0.3, 0.4) is 0 Å². The first-order valence-corrected chi connectivity index (χ1v) is 7.16. The number of amides is 1. The number of hydrogen-bond acceptors (Lipinski definition) is 6. The van der Waals surface area contributed by atoms with Crippen molar-refractivity contribution in [3.8, 4) is 5.75 Å². The predicted octanol–water partition coefficient (Wildman–Crippen LogP) is 2.85. The highest BCUT2D eigenvalue weighted by Crippen LogP contribution is 2.27. The van der Waals surface area contributed by atoms with Crippen molar-refractivity contribution in [2.75, 3.05) is 18.5 Å². The number of nitrogens with zero attached hydrogens (tertiary/aromatic N) is 1. The highest BCUT2D eigenvalue weighted by molar-refractivity contribution is 6.35. The third-order valence-corrected chi connectivity index (χ3v) is 3.03. The quantitative estimate of drug-likeness (QED) is 0.798. The number of aryl methyl sites for hydroxylation is 1. The van der Waals surface area contributed by atoms with Crippen molar-refractivity contribution in [3.05, 3.63) is 40.1 Å². The van der Waals surface area contributed by atoms with Crippen molar-refractivity contribution < 1.29 is 23.6 Å². The Morgan fingerprint density at radius 3 is 2.70 bits per heavy atom. The molecule has 1 N–H and O–H groups in total. The fourth-order valence-electron chi connectivity index (χ4n) is 1.52. The second-order valence-corrected chi connectivity index (χ2v) is 5.24. The molecule has 0 saturated heterocycles. The molecule has 2 rings (SSSR count). The second kappa shape index (κ2) is 7.85. The van der Waals surface area contributed by atoms with Gasteiger partial charge < -0.3 is 19.3 Å². The summed E-state index contributed by atoms with van der Waals surface area (Å²) in [5, 5.41) is 6.70. The molecule has 0 spiro atoms. The number of aromatic nitrogens is 1. The summed E-state index contributed by atoms with van der Waals surface area (Å²) in [6.07, 6.45) is 0. The summed E-state index contributed by atoms with van der Waals surface area (Å²) < 4.78 is 14.7. The summed E-state index contributed by atoms with van der Waals surface area (Å²) in [4.78, 5) is 23.1. The van der Waals surface area contributed by atoms with Gasteiger partial charge in [-0.15, -0.1) is 0 Å². The monoisotopic (exact) mass is 358 g/mol. The van der Waals surface area contributed by atoms with Crippen LogP contribution >= 0.6 is 23.2 Å². The molecule has 1 heterocycles. The highest BCUT2D eigenvalue weighted by atomic mass is 35.5. The van der Waals surface area contributed by atoms with Crippen LogP contribution in [0.15, 0.2) is 28.8 Å². The van der Waals surface area contributed by atoms with E-state index in [1.807, 2.05) is 0 Å². The molecule has 0 radical (unpaired) electrons. The van der Waals surface area contributed by atoms with Crippen molar-refractivity contribution in [3.63, 3.8) is 0 Å². The molecule has 9 heteroatoms. The molecule has 1 amide bonds. The van der Waals surface area contributed by atoms with Crippen LogP contribution < -0.4 is 10.1 Å². The van der Waals surface area contributed by atoms with E-state index in [-0.39, 0.29) is 16.6 Å². The fourth-order valence-corrected chi connectivity index (χ4v) is 1.98. The Bertz CT molecular complexity index is 717. The van der Waals surface area contributed by atoms with Gasteiger partial charge in [-0.05, 0) is 25.1 Å². The zero-order valence-corrected chi connectivity index (χ0v) is 13.5. The van der Waals surface area contributed by atoms with Gasteiger partial charge in [0.05, 0.1) is 5.02 Å². The molecule has 1 aromatic heterocycles. The summed E-state index contributed by atoms with van der Waals surface area (Å²) in [5.41, 5.74) is 0. The lowest BCUT2D eigenvalue weighted by Crippen LogP contribution is -2.23. The van der Waals surface area contributed by atoms with E-state index in [9.17, 15) is 9.59 Å². The van der Waals surface area contributed by atoms with Crippen LogP contribution in [0, 0.1) is 6.92 Å². The van der Waals surface area contributed by atoms with Crippen molar-refractivity contribution in [2.45, 2.75) is 6.92 Å². The summed E-state index contributed by atoms with van der Waals surface area (Å²) in [6, 6.07) is 6.11. The number of nitrogens with one attached hydrogen (secondary N) is 1. The standard InChI is InChI=1S/C14H12Cl2N2O5/c1-8-4-12(18-23-8)17-13(19)6-22-14(20)7-21-11-3-2-9(15)5-10(11)16/h2-5H,6-7H2,1H3,(H,17,18,19). The third-order valence-electron chi connectivity index (χ3n) is 2.50. The van der Waals surface area contributed by atoms with E-state index in [4.69, 9.17) is 37.2 Å². The molecule has 0 aliphatic carbocycles. The van der Waals surface area contributed by atoms with E-state index >= 15 is 0 Å². The molecule has 7 nitrogen and oxygen atoms in total. The third kappa shape index (κ3) is 5.46. The number of esters is 1. The number of benzene rings is 1. The van der Waals surface area contributed by atoms with Gasteiger partial charge in [0.25, 0.3) is 5.91 Å². The molecule has 0 bridgehead atoms. The van der Waals surface area contributed by atoms with Crippen LogP contribution in [0.2, 0.25) is 10.0 Å². The topological polar surface area (TPSA) is 90.7 Å². The SMILES string of the molecule is Cc1cc(NC(=O)COC(=O)COc2ccc(Cl)cc2Cl)no1. The maximum absolute atomic E-state index is 11.5. The minimum atomic E-state index is -0.720. The molecule has 0 fully saturated rings. The van der Waals surface area contributed by atoms with E-state index < -0.39 is 25.1 Å². The van der Waals surface area contributed by atoms with Gasteiger partial charge in [-0.3, -0.25) is 4.79 Å². The average Bonchev–Trinajstić information content (AvgIpc) is 2.89. The number of hydrogen-bond donors (Lipinski definition) is 1. The van der Waals surface area contributed by atoms with Crippen LogP contribution in [0.25, 0.3) is 0 Å². The maximum Gasteiger partial charge on any atom is 0.344 e. The lowest BCUT2D eigenvalue weighted by Gasteiger charge is -2.08. The number of halogens is 2. The average molecular weight is 359 g/mol. The lowest BCUT2D eigenvalue weighted by molar-refractivity contribution is -0.149. The van der Waals surface area contributed by atoms with Crippen molar-refractivity contribution in [2.24, 2.45) is 0 Å². The number of rotatable bonds is 6. The van der Waals surface area contributed by atoms with E-state index in [0.717, 1.165) is 0 Å². The van der Waals surface area contributed by atoms with Gasteiger partial charge in [0.15, 0.2) is 19.0 Å². The van der Waals surface area contributed by atoms with Crippen molar-refractivity contribution in [1.82, 2.24) is 5.16 Å². The Hall–Kier alpha value is -2.25. The van der Waals surface area contributed by atoms with E-state index in [1.165, 1.54) is 18.2 Å². The first-order valence-electron chi connectivity index (χ1n) is 6.40. The molecule has 2 aromatic rings. The maximum atomic E-state index is 11.5. The highest BCUT2D eigenvalue weighted by Gasteiger charge is 2.11.